The number of sulfonamides is 1. The van der Waals surface area contributed by atoms with Gasteiger partial charge in [-0.05, 0) is 31.4 Å². The average Bonchev–Trinajstić information content (AvgIpc) is 3.12. The maximum Gasteiger partial charge on any atom is 0.261 e. The van der Waals surface area contributed by atoms with E-state index in [0.717, 1.165) is 30.5 Å². The largest absolute Gasteiger partial charge is 0.351 e. The molecule has 1 aliphatic rings. The van der Waals surface area contributed by atoms with E-state index in [-0.39, 0.29) is 11.8 Å². The van der Waals surface area contributed by atoms with E-state index in [1.807, 2.05) is 11.0 Å². The van der Waals surface area contributed by atoms with E-state index in [9.17, 15) is 18.0 Å². The summed E-state index contributed by atoms with van der Waals surface area (Å²) in [4.78, 5) is 26.9. The highest BCUT2D eigenvalue weighted by molar-refractivity contribution is 7.88. The van der Waals surface area contributed by atoms with Crippen LogP contribution in [0.2, 0.25) is 0 Å². The Morgan fingerprint density at radius 3 is 2.79 bits per heavy atom. The molecule has 1 saturated heterocycles. The van der Waals surface area contributed by atoms with E-state index in [0.29, 0.717) is 37.4 Å². The average molecular weight is 374 g/mol. The molecule has 24 heavy (non-hydrogen) atoms. The van der Waals surface area contributed by atoms with Gasteiger partial charge in [0.2, 0.25) is 15.9 Å². The number of likely N-dealkylation sites (tertiary alicyclic amines) is 1. The second-order valence-electron chi connectivity index (χ2n) is 5.78. The van der Waals surface area contributed by atoms with Crippen LogP contribution in [0.25, 0.3) is 0 Å². The van der Waals surface area contributed by atoms with Crippen LogP contribution in [-0.4, -0.2) is 57.6 Å². The molecule has 2 rings (SSSR count). The number of carbonyl (C=O) groups is 2. The number of nitrogens with zero attached hydrogens (tertiary/aromatic N) is 1. The summed E-state index contributed by atoms with van der Waals surface area (Å²) in [5.41, 5.74) is 0. The van der Waals surface area contributed by atoms with Crippen LogP contribution in [0.4, 0.5) is 0 Å². The van der Waals surface area contributed by atoms with Crippen LogP contribution in [0.15, 0.2) is 12.1 Å². The lowest BCUT2D eigenvalue weighted by Gasteiger charge is -2.15. The highest BCUT2D eigenvalue weighted by Crippen LogP contribution is 2.17. The Kier molecular flexibility index (Phi) is 6.76. The van der Waals surface area contributed by atoms with E-state index >= 15 is 0 Å². The Morgan fingerprint density at radius 2 is 2.12 bits per heavy atom. The van der Waals surface area contributed by atoms with Crippen molar-refractivity contribution in [2.75, 3.05) is 32.4 Å². The van der Waals surface area contributed by atoms with Crippen LogP contribution in [0.1, 0.15) is 33.8 Å². The number of rotatable bonds is 9. The number of hydrogen-bond donors (Lipinski definition) is 2. The van der Waals surface area contributed by atoms with Crippen molar-refractivity contribution in [3.05, 3.63) is 21.9 Å². The molecule has 0 aromatic carbocycles. The number of hydrogen-bond acceptors (Lipinski definition) is 5. The van der Waals surface area contributed by atoms with Crippen LogP contribution in [0, 0.1) is 0 Å². The van der Waals surface area contributed by atoms with E-state index in [4.69, 9.17) is 0 Å². The van der Waals surface area contributed by atoms with E-state index in [1.165, 1.54) is 11.3 Å². The highest BCUT2D eigenvalue weighted by atomic mass is 32.2. The predicted octanol–water partition coefficient (Wildman–Crippen LogP) is 0.582. The molecule has 0 unspecified atom stereocenters. The van der Waals surface area contributed by atoms with E-state index in [1.54, 1.807) is 6.07 Å². The van der Waals surface area contributed by atoms with Crippen molar-refractivity contribution in [1.29, 1.82) is 0 Å². The molecule has 134 valence electrons. The molecule has 0 spiro atoms. The molecular weight excluding hydrogens is 350 g/mol. The Bertz CT molecular complexity index is 685. The maximum absolute atomic E-state index is 12.1. The molecule has 0 aliphatic carbocycles. The number of carbonyl (C=O) groups excluding carboxylic acids is 2. The Labute approximate surface area is 146 Å². The molecular formula is C15H23N3O4S2. The van der Waals surface area contributed by atoms with Gasteiger partial charge in [-0.25, -0.2) is 13.1 Å². The number of thiophene rings is 1. The van der Waals surface area contributed by atoms with Gasteiger partial charge in [0, 0.05) is 37.5 Å². The Hall–Kier alpha value is -1.45. The lowest BCUT2D eigenvalue weighted by atomic mass is 10.3. The molecule has 1 aromatic heterocycles. The molecule has 0 radical (unpaired) electrons. The summed E-state index contributed by atoms with van der Waals surface area (Å²) in [5.74, 6) is 0.0713. The molecule has 0 atom stereocenters. The predicted molar refractivity (Wildman–Crippen MR) is 93.6 cm³/mol. The normalized spacial score (nSPS) is 15.0. The molecule has 0 bridgehead atoms. The second kappa shape index (κ2) is 8.59. The first-order valence-electron chi connectivity index (χ1n) is 7.94. The first kappa shape index (κ1) is 18.9. The summed E-state index contributed by atoms with van der Waals surface area (Å²) in [6.07, 6.45) is 3.99. The molecule has 9 heteroatoms. The Morgan fingerprint density at radius 1 is 1.33 bits per heavy atom. The fourth-order valence-electron chi connectivity index (χ4n) is 2.49. The zero-order valence-corrected chi connectivity index (χ0v) is 15.3. The second-order valence-corrected chi connectivity index (χ2v) is 8.78. The zero-order chi connectivity index (χ0) is 17.6. The zero-order valence-electron chi connectivity index (χ0n) is 13.7. The van der Waals surface area contributed by atoms with Gasteiger partial charge >= 0.3 is 0 Å². The van der Waals surface area contributed by atoms with Crippen molar-refractivity contribution in [3.63, 3.8) is 0 Å². The maximum atomic E-state index is 12.1. The fraction of sp³-hybridized carbons (Fsp3) is 0.600. The topological polar surface area (TPSA) is 95.6 Å². The van der Waals surface area contributed by atoms with Gasteiger partial charge in [0.05, 0.1) is 11.1 Å². The van der Waals surface area contributed by atoms with Crippen LogP contribution in [-0.2, 0) is 21.2 Å². The summed E-state index contributed by atoms with van der Waals surface area (Å²) >= 11 is 1.36. The van der Waals surface area contributed by atoms with E-state index in [2.05, 4.69) is 10.0 Å². The highest BCUT2D eigenvalue weighted by Gasteiger charge is 2.19. The van der Waals surface area contributed by atoms with Crippen molar-refractivity contribution in [3.8, 4) is 0 Å². The van der Waals surface area contributed by atoms with Gasteiger partial charge in [-0.15, -0.1) is 11.3 Å². The molecule has 2 heterocycles. The SMILES string of the molecule is CS(=O)(=O)NCCc1ccc(C(=O)NCCCN2CCCC2=O)s1. The minimum Gasteiger partial charge on any atom is -0.351 e. The molecule has 1 fully saturated rings. The van der Waals surface area contributed by atoms with Gasteiger partial charge in [0.15, 0.2) is 0 Å². The summed E-state index contributed by atoms with van der Waals surface area (Å²) in [5, 5.41) is 2.85. The van der Waals surface area contributed by atoms with E-state index < -0.39 is 10.0 Å². The van der Waals surface area contributed by atoms with Gasteiger partial charge in [-0.1, -0.05) is 0 Å². The standard InChI is InChI=1S/C15H23N3O4S2/c1-24(21,22)17-9-7-12-5-6-13(23-12)15(20)16-8-3-11-18-10-2-4-14(18)19/h5-6,17H,2-4,7-11H2,1H3,(H,16,20). The third-order valence-electron chi connectivity index (χ3n) is 3.68. The lowest BCUT2D eigenvalue weighted by Crippen LogP contribution is -2.30. The van der Waals surface area contributed by atoms with Gasteiger partial charge in [0.1, 0.15) is 0 Å². The van der Waals surface area contributed by atoms with Gasteiger partial charge in [-0.2, -0.15) is 0 Å². The fourth-order valence-corrected chi connectivity index (χ4v) is 3.89. The van der Waals surface area contributed by atoms with Crippen molar-refractivity contribution in [2.45, 2.75) is 25.7 Å². The summed E-state index contributed by atoms with van der Waals surface area (Å²) < 4.78 is 24.4. The molecule has 2 amide bonds. The van der Waals surface area contributed by atoms with Gasteiger partial charge in [-0.3, -0.25) is 9.59 Å². The van der Waals surface area contributed by atoms with Crippen molar-refractivity contribution >= 4 is 33.2 Å². The van der Waals surface area contributed by atoms with Gasteiger partial charge in [0.25, 0.3) is 5.91 Å². The lowest BCUT2D eigenvalue weighted by molar-refractivity contribution is -0.127. The van der Waals surface area contributed by atoms with Crippen LogP contribution in [0.5, 0.6) is 0 Å². The monoisotopic (exact) mass is 373 g/mol. The third kappa shape index (κ3) is 6.21. The van der Waals surface area contributed by atoms with Gasteiger partial charge < -0.3 is 10.2 Å². The quantitative estimate of drug-likeness (QED) is 0.619. The Balaban J connectivity index is 1.68. The van der Waals surface area contributed by atoms with Crippen molar-refractivity contribution < 1.29 is 18.0 Å². The molecule has 7 nitrogen and oxygen atoms in total. The first-order chi connectivity index (χ1) is 11.3. The van der Waals surface area contributed by atoms with Crippen LogP contribution in [0.3, 0.4) is 0 Å². The number of nitrogens with one attached hydrogen (secondary N) is 2. The summed E-state index contributed by atoms with van der Waals surface area (Å²) in [6.45, 7) is 2.37. The summed E-state index contributed by atoms with van der Waals surface area (Å²) in [7, 11) is -3.18. The van der Waals surface area contributed by atoms with Crippen molar-refractivity contribution in [1.82, 2.24) is 14.9 Å². The minimum atomic E-state index is -3.18. The smallest absolute Gasteiger partial charge is 0.261 e. The molecule has 1 aliphatic heterocycles. The third-order valence-corrected chi connectivity index (χ3v) is 5.56. The molecule has 1 aromatic rings. The van der Waals surface area contributed by atoms with Crippen LogP contribution >= 0.6 is 11.3 Å². The minimum absolute atomic E-state index is 0.130. The van der Waals surface area contributed by atoms with Crippen LogP contribution < -0.4 is 10.0 Å². The van der Waals surface area contributed by atoms with Crippen molar-refractivity contribution in [2.24, 2.45) is 0 Å². The number of amides is 2. The first-order valence-corrected chi connectivity index (χ1v) is 10.7. The molecule has 2 N–H and O–H groups in total. The molecule has 0 saturated carbocycles. The summed E-state index contributed by atoms with van der Waals surface area (Å²) in [6, 6.07) is 3.59.